The first kappa shape index (κ1) is 24.3. The number of carbonyl (C=O) groups excluding carboxylic acids is 1. The second-order valence-electron chi connectivity index (χ2n) is 7.33. The van der Waals surface area contributed by atoms with Gasteiger partial charge < -0.3 is 14.2 Å². The van der Waals surface area contributed by atoms with Crippen molar-refractivity contribution in [2.24, 2.45) is 0 Å². The number of nitrogens with zero attached hydrogens (tertiary/aromatic N) is 2. The minimum absolute atomic E-state index is 0.0578. The van der Waals surface area contributed by atoms with Crippen LogP contribution >= 0.6 is 23.1 Å². The summed E-state index contributed by atoms with van der Waals surface area (Å²) in [6.07, 6.45) is 0. The molecule has 0 saturated carbocycles. The Morgan fingerprint density at radius 2 is 1.77 bits per heavy atom. The predicted molar refractivity (Wildman–Crippen MR) is 139 cm³/mol. The van der Waals surface area contributed by atoms with Crippen molar-refractivity contribution in [2.45, 2.75) is 5.03 Å². The van der Waals surface area contributed by atoms with Crippen LogP contribution in [0.5, 0.6) is 17.2 Å². The highest BCUT2D eigenvalue weighted by Gasteiger charge is 2.19. The lowest BCUT2D eigenvalue weighted by molar-refractivity contribution is 0.102. The first-order valence-electron chi connectivity index (χ1n) is 10.6. The second kappa shape index (κ2) is 11.1. The number of pyridine rings is 1. The van der Waals surface area contributed by atoms with Gasteiger partial charge >= 0.3 is 0 Å². The van der Waals surface area contributed by atoms with Gasteiger partial charge in [0.15, 0.2) is 17.3 Å². The van der Waals surface area contributed by atoms with E-state index in [0.717, 1.165) is 16.1 Å². The van der Waals surface area contributed by atoms with E-state index in [9.17, 15) is 10.1 Å². The van der Waals surface area contributed by atoms with Crippen molar-refractivity contribution < 1.29 is 19.0 Å². The second-order valence-corrected chi connectivity index (χ2v) is 9.25. The first-order chi connectivity index (χ1) is 17.1. The summed E-state index contributed by atoms with van der Waals surface area (Å²) >= 11 is 2.82. The van der Waals surface area contributed by atoms with E-state index in [-0.39, 0.29) is 11.5 Å². The van der Waals surface area contributed by atoms with Crippen LogP contribution in [0.2, 0.25) is 0 Å². The Hall–Kier alpha value is -3.80. The SMILES string of the molecule is COc1ccc(C(=O)CSc2nc(-c3cccs3)cc(-c3ccc(OC)c(OC)c3)c2C#N)cc1. The van der Waals surface area contributed by atoms with E-state index in [1.54, 1.807) is 63.0 Å². The fourth-order valence-corrected chi connectivity index (χ4v) is 5.09. The number of carbonyl (C=O) groups is 1. The van der Waals surface area contributed by atoms with E-state index >= 15 is 0 Å². The van der Waals surface area contributed by atoms with Crippen LogP contribution in [0.3, 0.4) is 0 Å². The molecule has 176 valence electrons. The maximum atomic E-state index is 12.8. The number of thiophene rings is 1. The van der Waals surface area contributed by atoms with Crippen LogP contribution in [0, 0.1) is 11.3 Å². The zero-order valence-corrected chi connectivity index (χ0v) is 21.0. The highest BCUT2D eigenvalue weighted by molar-refractivity contribution is 8.00. The standard InChI is InChI=1S/C27H22N2O4S2/c1-31-19-9-6-17(7-10-19)23(30)16-35-27-21(15-28)20(14-22(29-27)26-5-4-12-34-26)18-8-11-24(32-2)25(13-18)33-3/h4-14H,16H2,1-3H3. The molecule has 6 nitrogen and oxygen atoms in total. The average Bonchev–Trinajstić information content (AvgIpc) is 3.46. The quantitative estimate of drug-likeness (QED) is 0.195. The molecule has 4 aromatic rings. The number of ketones is 1. The number of aromatic nitrogens is 1. The number of rotatable bonds is 9. The van der Waals surface area contributed by atoms with Crippen LogP contribution in [-0.2, 0) is 0 Å². The molecule has 2 heterocycles. The summed E-state index contributed by atoms with van der Waals surface area (Å²) < 4.78 is 16.0. The molecule has 35 heavy (non-hydrogen) atoms. The van der Waals surface area contributed by atoms with E-state index in [4.69, 9.17) is 19.2 Å². The van der Waals surface area contributed by atoms with E-state index in [2.05, 4.69) is 6.07 Å². The van der Waals surface area contributed by atoms with Gasteiger partial charge in [-0.3, -0.25) is 4.79 Å². The largest absolute Gasteiger partial charge is 0.497 e. The van der Waals surface area contributed by atoms with Gasteiger partial charge in [0, 0.05) is 11.1 Å². The summed E-state index contributed by atoms with van der Waals surface area (Å²) in [6.45, 7) is 0. The summed E-state index contributed by atoms with van der Waals surface area (Å²) in [7, 11) is 4.73. The number of thioether (sulfide) groups is 1. The van der Waals surface area contributed by atoms with Gasteiger partial charge in [-0.1, -0.05) is 23.9 Å². The molecule has 0 fully saturated rings. The molecule has 0 aliphatic rings. The molecule has 0 radical (unpaired) electrons. The third kappa shape index (κ3) is 5.32. The van der Waals surface area contributed by atoms with Gasteiger partial charge in [0.1, 0.15) is 16.8 Å². The third-order valence-corrected chi connectivity index (χ3v) is 7.19. The van der Waals surface area contributed by atoms with Crippen LogP contribution in [0.25, 0.3) is 21.7 Å². The molecule has 2 aromatic carbocycles. The zero-order valence-electron chi connectivity index (χ0n) is 19.4. The van der Waals surface area contributed by atoms with Gasteiger partial charge in [0.25, 0.3) is 0 Å². The topological polar surface area (TPSA) is 81.4 Å². The molecule has 0 bridgehead atoms. The summed E-state index contributed by atoms with van der Waals surface area (Å²) in [5, 5.41) is 12.6. The van der Waals surface area contributed by atoms with Gasteiger partial charge in [-0.25, -0.2) is 4.98 Å². The summed E-state index contributed by atoms with van der Waals surface area (Å²) in [4.78, 5) is 18.6. The highest BCUT2D eigenvalue weighted by atomic mass is 32.2. The Morgan fingerprint density at radius 3 is 2.40 bits per heavy atom. The summed E-state index contributed by atoms with van der Waals surface area (Å²) in [6, 6.07) is 20.6. The Morgan fingerprint density at radius 1 is 1.00 bits per heavy atom. The smallest absolute Gasteiger partial charge is 0.173 e. The number of ether oxygens (including phenoxy) is 3. The van der Waals surface area contributed by atoms with Crippen LogP contribution in [0.15, 0.2) is 71.1 Å². The zero-order chi connectivity index (χ0) is 24.8. The van der Waals surface area contributed by atoms with Crippen molar-refractivity contribution in [1.82, 2.24) is 4.98 Å². The van der Waals surface area contributed by atoms with Gasteiger partial charge in [-0.2, -0.15) is 5.26 Å². The van der Waals surface area contributed by atoms with Gasteiger partial charge in [0.05, 0.1) is 43.2 Å². The number of methoxy groups -OCH3 is 3. The summed E-state index contributed by atoms with van der Waals surface area (Å²) in [5.74, 6) is 1.94. The lowest BCUT2D eigenvalue weighted by Crippen LogP contribution is -2.04. The number of benzene rings is 2. The molecule has 0 unspecified atom stereocenters. The van der Waals surface area contributed by atoms with Gasteiger partial charge in [-0.15, -0.1) is 11.3 Å². The number of nitriles is 1. The lowest BCUT2D eigenvalue weighted by Gasteiger charge is -2.14. The van der Waals surface area contributed by atoms with Crippen molar-refractivity contribution >= 4 is 28.9 Å². The van der Waals surface area contributed by atoms with Crippen molar-refractivity contribution in [3.8, 4) is 45.0 Å². The van der Waals surface area contributed by atoms with E-state index < -0.39 is 0 Å². The lowest BCUT2D eigenvalue weighted by atomic mass is 10.00. The normalized spacial score (nSPS) is 10.5. The molecule has 0 aliphatic carbocycles. The molecule has 8 heteroatoms. The van der Waals surface area contributed by atoms with Gasteiger partial charge in [0.2, 0.25) is 0 Å². The van der Waals surface area contributed by atoms with E-state index in [0.29, 0.717) is 39.0 Å². The van der Waals surface area contributed by atoms with Crippen molar-refractivity contribution in [1.29, 1.82) is 5.26 Å². The molecule has 0 aliphatic heterocycles. The molecule has 4 rings (SSSR count). The summed E-state index contributed by atoms with van der Waals surface area (Å²) in [5.41, 5.74) is 3.23. The predicted octanol–water partition coefficient (Wildman–Crippen LogP) is 6.35. The molecule has 0 atom stereocenters. The number of hydrogen-bond donors (Lipinski definition) is 0. The molecule has 0 spiro atoms. The van der Waals surface area contributed by atoms with E-state index in [1.807, 2.05) is 35.7 Å². The highest BCUT2D eigenvalue weighted by Crippen LogP contribution is 2.38. The van der Waals surface area contributed by atoms with Crippen LogP contribution in [0.4, 0.5) is 0 Å². The number of hydrogen-bond acceptors (Lipinski definition) is 8. The van der Waals surface area contributed by atoms with Crippen molar-refractivity contribution in [3.05, 3.63) is 77.2 Å². The number of Topliss-reactive ketones (excluding diaryl/α,β-unsaturated/α-hetero) is 1. The van der Waals surface area contributed by atoms with Crippen molar-refractivity contribution in [3.63, 3.8) is 0 Å². The van der Waals surface area contributed by atoms with Gasteiger partial charge in [-0.05, 0) is 59.5 Å². The van der Waals surface area contributed by atoms with E-state index in [1.165, 1.54) is 11.8 Å². The molecular weight excluding hydrogens is 480 g/mol. The molecule has 2 aromatic heterocycles. The molecular formula is C27H22N2O4S2. The molecule has 0 N–H and O–H groups in total. The maximum Gasteiger partial charge on any atom is 0.173 e. The maximum absolute atomic E-state index is 12.8. The fraction of sp³-hybridized carbons (Fsp3) is 0.148. The molecule has 0 saturated heterocycles. The average molecular weight is 503 g/mol. The minimum atomic E-state index is -0.0578. The molecule has 0 amide bonds. The Bertz CT molecular complexity index is 1380. The Balaban J connectivity index is 1.74. The van der Waals surface area contributed by atoms with Crippen LogP contribution in [0.1, 0.15) is 15.9 Å². The fourth-order valence-electron chi connectivity index (χ4n) is 3.51. The van der Waals surface area contributed by atoms with Crippen molar-refractivity contribution in [2.75, 3.05) is 27.1 Å². The van der Waals surface area contributed by atoms with Crippen LogP contribution < -0.4 is 14.2 Å². The third-order valence-electron chi connectivity index (χ3n) is 5.32. The first-order valence-corrected chi connectivity index (χ1v) is 12.5. The Kier molecular flexibility index (Phi) is 7.70. The Labute approximate surface area is 212 Å². The monoisotopic (exact) mass is 502 g/mol. The van der Waals surface area contributed by atoms with Crippen LogP contribution in [-0.4, -0.2) is 37.8 Å². The minimum Gasteiger partial charge on any atom is -0.497 e.